The second-order valence-corrected chi connectivity index (χ2v) is 6.63. The van der Waals surface area contributed by atoms with E-state index in [0.717, 1.165) is 10.0 Å². The minimum atomic E-state index is -0.717. The van der Waals surface area contributed by atoms with Gasteiger partial charge in [-0.05, 0) is 53.3 Å². The zero-order valence-corrected chi connectivity index (χ0v) is 16.5. The molecule has 1 heterocycles. The normalized spacial score (nSPS) is 11.1. The van der Waals surface area contributed by atoms with Crippen molar-refractivity contribution in [1.29, 1.82) is 0 Å². The molecule has 1 aromatic heterocycles. The number of carbonyl (C=O) groups is 2. The summed E-state index contributed by atoms with van der Waals surface area (Å²) in [7, 11) is 0. The lowest BCUT2D eigenvalue weighted by molar-refractivity contribution is -0.141. The van der Waals surface area contributed by atoms with Gasteiger partial charge in [-0.1, -0.05) is 46.3 Å². The summed E-state index contributed by atoms with van der Waals surface area (Å²) in [5, 5.41) is 13.8. The number of nitrogens with one attached hydrogen (secondary N) is 1. The Hall–Kier alpha value is -3.33. The second-order valence-electron chi connectivity index (χ2n) is 5.71. The van der Waals surface area contributed by atoms with Crippen molar-refractivity contribution in [3.8, 4) is 0 Å². The summed E-state index contributed by atoms with van der Waals surface area (Å²) >= 11 is 3.32. The van der Waals surface area contributed by atoms with Gasteiger partial charge in [-0.25, -0.2) is 4.79 Å². The topological polar surface area (TPSA) is 99.0 Å². The van der Waals surface area contributed by atoms with Crippen molar-refractivity contribution in [3.05, 3.63) is 70.5 Å². The van der Waals surface area contributed by atoms with Gasteiger partial charge in [0.2, 0.25) is 0 Å². The Labute approximate surface area is 169 Å². The number of hydrogen-bond acceptors (Lipinski definition) is 6. The van der Waals surface area contributed by atoms with E-state index < -0.39 is 18.5 Å². The highest BCUT2D eigenvalue weighted by Crippen LogP contribution is 2.15. The Morgan fingerprint density at radius 1 is 1.14 bits per heavy atom. The minimum Gasteiger partial charge on any atom is -0.451 e. The third-order valence-corrected chi connectivity index (χ3v) is 4.16. The number of hydrogen-bond donors (Lipinski definition) is 1. The number of halogens is 1. The average molecular weight is 442 g/mol. The summed E-state index contributed by atoms with van der Waals surface area (Å²) in [6, 6.07) is 16.2. The maximum atomic E-state index is 12.6. The standard InChI is InChI=1S/C19H16BrN5O3/c1-13-22-23-24-25(13)17(11-14-5-3-2-4-6-14)19(27)28-12-18(26)21-16-9-7-15(20)8-10-16/h2-11H,12H2,1H3,(H,21,26). The fourth-order valence-electron chi connectivity index (χ4n) is 2.30. The number of esters is 1. The molecular formula is C19H16BrN5O3. The number of benzene rings is 2. The first-order valence-corrected chi connectivity index (χ1v) is 9.07. The van der Waals surface area contributed by atoms with E-state index >= 15 is 0 Å². The van der Waals surface area contributed by atoms with E-state index in [1.54, 1.807) is 37.3 Å². The quantitative estimate of drug-likeness (QED) is 0.466. The van der Waals surface area contributed by atoms with Crippen LogP contribution in [0, 0.1) is 6.92 Å². The van der Waals surface area contributed by atoms with Crippen LogP contribution >= 0.6 is 15.9 Å². The molecule has 0 aliphatic heterocycles. The summed E-state index contributed by atoms with van der Waals surface area (Å²) in [4.78, 5) is 24.7. The summed E-state index contributed by atoms with van der Waals surface area (Å²) < 4.78 is 7.33. The van der Waals surface area contributed by atoms with E-state index in [-0.39, 0.29) is 5.70 Å². The van der Waals surface area contributed by atoms with Crippen LogP contribution in [0.5, 0.6) is 0 Å². The first kappa shape index (κ1) is 19.4. The zero-order valence-electron chi connectivity index (χ0n) is 14.9. The zero-order chi connectivity index (χ0) is 19.9. The highest BCUT2D eigenvalue weighted by atomic mass is 79.9. The molecule has 0 aliphatic rings. The maximum absolute atomic E-state index is 12.6. The molecule has 0 spiro atoms. The van der Waals surface area contributed by atoms with Gasteiger partial charge in [-0.3, -0.25) is 4.79 Å². The van der Waals surface area contributed by atoms with Crippen LogP contribution in [0.2, 0.25) is 0 Å². The van der Waals surface area contributed by atoms with Crippen molar-refractivity contribution in [2.45, 2.75) is 6.92 Å². The van der Waals surface area contributed by atoms with Gasteiger partial charge < -0.3 is 10.1 Å². The van der Waals surface area contributed by atoms with E-state index in [1.807, 2.05) is 30.3 Å². The molecule has 0 bridgehead atoms. The molecule has 28 heavy (non-hydrogen) atoms. The fraction of sp³-hybridized carbons (Fsp3) is 0.105. The first-order chi connectivity index (χ1) is 13.5. The van der Waals surface area contributed by atoms with E-state index in [4.69, 9.17) is 4.74 Å². The van der Waals surface area contributed by atoms with Crippen molar-refractivity contribution >= 4 is 45.3 Å². The lowest BCUT2D eigenvalue weighted by Gasteiger charge is -2.09. The second kappa shape index (κ2) is 9.05. The third-order valence-electron chi connectivity index (χ3n) is 3.63. The highest BCUT2D eigenvalue weighted by molar-refractivity contribution is 9.10. The Morgan fingerprint density at radius 2 is 1.86 bits per heavy atom. The van der Waals surface area contributed by atoms with Crippen molar-refractivity contribution in [2.75, 3.05) is 11.9 Å². The largest absolute Gasteiger partial charge is 0.451 e. The molecule has 0 saturated heterocycles. The van der Waals surface area contributed by atoms with Gasteiger partial charge in [0.15, 0.2) is 18.1 Å². The smallest absolute Gasteiger partial charge is 0.357 e. The first-order valence-electron chi connectivity index (χ1n) is 8.27. The van der Waals surface area contributed by atoms with Crippen LogP contribution in [0.1, 0.15) is 11.4 Å². The van der Waals surface area contributed by atoms with E-state index in [0.29, 0.717) is 11.5 Å². The summed E-state index contributed by atoms with van der Waals surface area (Å²) in [5.41, 5.74) is 1.47. The molecule has 0 fully saturated rings. The molecule has 142 valence electrons. The minimum absolute atomic E-state index is 0.102. The number of nitrogens with zero attached hydrogens (tertiary/aromatic N) is 4. The SMILES string of the molecule is Cc1nnnn1C(=Cc1ccccc1)C(=O)OCC(=O)Nc1ccc(Br)cc1. The van der Waals surface area contributed by atoms with Gasteiger partial charge in [0, 0.05) is 10.2 Å². The molecule has 1 N–H and O–H groups in total. The lowest BCUT2D eigenvalue weighted by Crippen LogP contribution is -2.23. The highest BCUT2D eigenvalue weighted by Gasteiger charge is 2.19. The number of rotatable bonds is 6. The fourth-order valence-corrected chi connectivity index (χ4v) is 2.57. The number of aromatic nitrogens is 4. The Bertz CT molecular complexity index is 1000. The van der Waals surface area contributed by atoms with E-state index in [1.165, 1.54) is 4.68 Å². The molecule has 0 unspecified atom stereocenters. The van der Waals surface area contributed by atoms with E-state index in [9.17, 15) is 9.59 Å². The van der Waals surface area contributed by atoms with E-state index in [2.05, 4.69) is 36.8 Å². The van der Waals surface area contributed by atoms with Crippen molar-refractivity contribution in [2.24, 2.45) is 0 Å². The number of carbonyl (C=O) groups excluding carboxylic acids is 2. The molecule has 3 rings (SSSR count). The van der Waals surface area contributed by atoms with Gasteiger partial charge >= 0.3 is 5.97 Å². The van der Waals surface area contributed by atoms with Gasteiger partial charge in [0.05, 0.1) is 0 Å². The van der Waals surface area contributed by atoms with Crippen LogP contribution in [0.15, 0.2) is 59.1 Å². The molecule has 0 saturated carbocycles. The van der Waals surface area contributed by atoms with Crippen LogP contribution in [-0.2, 0) is 14.3 Å². The van der Waals surface area contributed by atoms with Crippen LogP contribution in [0.25, 0.3) is 11.8 Å². The predicted octanol–water partition coefficient (Wildman–Crippen LogP) is 2.92. The van der Waals surface area contributed by atoms with Crippen LogP contribution in [-0.4, -0.2) is 38.7 Å². The van der Waals surface area contributed by atoms with Crippen molar-refractivity contribution in [3.63, 3.8) is 0 Å². The molecule has 1 amide bonds. The Balaban J connectivity index is 1.71. The van der Waals surface area contributed by atoms with Crippen molar-refractivity contribution < 1.29 is 14.3 Å². The molecule has 3 aromatic rings. The Morgan fingerprint density at radius 3 is 2.50 bits per heavy atom. The summed E-state index contributed by atoms with van der Waals surface area (Å²) in [5.74, 6) is -0.758. The number of aryl methyl sites for hydroxylation is 1. The number of amides is 1. The van der Waals surface area contributed by atoms with Gasteiger partial charge in [0.1, 0.15) is 0 Å². The molecular weight excluding hydrogens is 426 g/mol. The molecule has 2 aromatic carbocycles. The molecule has 0 atom stereocenters. The predicted molar refractivity (Wildman–Crippen MR) is 107 cm³/mol. The van der Waals surface area contributed by atoms with Gasteiger partial charge in [-0.2, -0.15) is 4.68 Å². The number of ether oxygens (including phenoxy) is 1. The van der Waals surface area contributed by atoms with Crippen LogP contribution < -0.4 is 5.32 Å². The average Bonchev–Trinajstić information content (AvgIpc) is 3.12. The monoisotopic (exact) mass is 441 g/mol. The molecule has 9 heteroatoms. The number of tetrazole rings is 1. The van der Waals surface area contributed by atoms with Crippen molar-refractivity contribution in [1.82, 2.24) is 20.2 Å². The maximum Gasteiger partial charge on any atom is 0.357 e. The third kappa shape index (κ3) is 5.10. The molecule has 8 nitrogen and oxygen atoms in total. The summed E-state index contributed by atoms with van der Waals surface area (Å²) in [6.45, 7) is 1.22. The molecule has 0 radical (unpaired) electrons. The Kier molecular flexibility index (Phi) is 6.28. The lowest BCUT2D eigenvalue weighted by atomic mass is 10.2. The number of anilines is 1. The van der Waals surface area contributed by atoms with Crippen LogP contribution in [0.3, 0.4) is 0 Å². The van der Waals surface area contributed by atoms with Gasteiger partial charge in [-0.15, -0.1) is 5.10 Å². The van der Waals surface area contributed by atoms with Gasteiger partial charge in [0.25, 0.3) is 5.91 Å². The molecule has 0 aliphatic carbocycles. The van der Waals surface area contributed by atoms with Crippen LogP contribution in [0.4, 0.5) is 5.69 Å². The summed E-state index contributed by atoms with van der Waals surface area (Å²) in [6.07, 6.45) is 1.60.